The van der Waals surface area contributed by atoms with Crippen LogP contribution in [0.1, 0.15) is 5.56 Å². The summed E-state index contributed by atoms with van der Waals surface area (Å²) in [7, 11) is 1.54. The van der Waals surface area contributed by atoms with Crippen molar-refractivity contribution >= 4 is 34.9 Å². The van der Waals surface area contributed by atoms with E-state index in [9.17, 15) is 4.79 Å². The fraction of sp³-hybridized carbons (Fsp3) is 0.188. The number of nitrogens with one attached hydrogen (secondary N) is 2. The van der Waals surface area contributed by atoms with Gasteiger partial charge in [-0.3, -0.25) is 0 Å². The molecule has 0 aliphatic rings. The Bertz CT molecular complexity index is 662. The Balaban J connectivity index is 1.83. The van der Waals surface area contributed by atoms with E-state index in [2.05, 4.69) is 10.6 Å². The lowest BCUT2D eigenvalue weighted by Gasteiger charge is -2.10. The van der Waals surface area contributed by atoms with E-state index in [0.717, 1.165) is 5.56 Å². The highest BCUT2D eigenvalue weighted by Gasteiger charge is 2.06. The van der Waals surface area contributed by atoms with Crippen LogP contribution in [0, 0.1) is 0 Å². The first-order valence-corrected chi connectivity index (χ1v) is 7.47. The van der Waals surface area contributed by atoms with Crippen LogP contribution >= 0.6 is 23.2 Å². The highest BCUT2D eigenvalue weighted by atomic mass is 35.5. The molecule has 2 N–H and O–H groups in total. The molecule has 0 saturated carbocycles. The molecule has 2 aromatic rings. The van der Waals surface area contributed by atoms with E-state index in [4.69, 9.17) is 27.9 Å². The van der Waals surface area contributed by atoms with E-state index in [1.54, 1.807) is 18.2 Å². The second-order valence-corrected chi connectivity index (χ2v) is 5.39. The lowest BCUT2D eigenvalue weighted by atomic mass is 10.1. The molecule has 2 amide bonds. The van der Waals surface area contributed by atoms with E-state index in [0.29, 0.717) is 34.4 Å². The number of anilines is 1. The summed E-state index contributed by atoms with van der Waals surface area (Å²) in [6.07, 6.45) is 0.663. The second kappa shape index (κ2) is 7.92. The van der Waals surface area contributed by atoms with Crippen molar-refractivity contribution in [2.45, 2.75) is 6.42 Å². The maximum atomic E-state index is 11.8. The van der Waals surface area contributed by atoms with Gasteiger partial charge < -0.3 is 15.4 Å². The molecule has 6 heteroatoms. The first-order chi connectivity index (χ1) is 10.6. The quantitative estimate of drug-likeness (QED) is 0.850. The molecule has 0 fully saturated rings. The average molecular weight is 339 g/mol. The summed E-state index contributed by atoms with van der Waals surface area (Å²) in [6, 6.07) is 12.3. The molecule has 0 radical (unpaired) electrons. The van der Waals surface area contributed by atoms with Crippen LogP contribution in [-0.4, -0.2) is 19.7 Å². The van der Waals surface area contributed by atoms with Crippen LogP contribution in [0.3, 0.4) is 0 Å². The summed E-state index contributed by atoms with van der Waals surface area (Å²) in [5.41, 5.74) is 1.60. The largest absolute Gasteiger partial charge is 0.495 e. The van der Waals surface area contributed by atoms with Crippen molar-refractivity contribution in [3.8, 4) is 5.75 Å². The van der Waals surface area contributed by atoms with Crippen molar-refractivity contribution in [3.05, 3.63) is 58.1 Å². The van der Waals surface area contributed by atoms with Crippen molar-refractivity contribution in [2.75, 3.05) is 19.0 Å². The average Bonchev–Trinajstić information content (AvgIpc) is 2.49. The number of hydrogen-bond donors (Lipinski definition) is 2. The van der Waals surface area contributed by atoms with Crippen LogP contribution in [0.2, 0.25) is 10.0 Å². The van der Waals surface area contributed by atoms with Crippen LogP contribution in [0.15, 0.2) is 42.5 Å². The van der Waals surface area contributed by atoms with Gasteiger partial charge in [0.2, 0.25) is 0 Å². The maximum Gasteiger partial charge on any atom is 0.319 e. The van der Waals surface area contributed by atoms with Gasteiger partial charge in [0.1, 0.15) is 5.75 Å². The Labute approximate surface area is 139 Å². The zero-order chi connectivity index (χ0) is 15.9. The predicted molar refractivity (Wildman–Crippen MR) is 90.2 cm³/mol. The van der Waals surface area contributed by atoms with Gasteiger partial charge in [-0.1, -0.05) is 41.4 Å². The molecule has 116 valence electrons. The van der Waals surface area contributed by atoms with E-state index < -0.39 is 0 Å². The van der Waals surface area contributed by atoms with Gasteiger partial charge in [-0.15, -0.1) is 0 Å². The van der Waals surface area contributed by atoms with E-state index in [-0.39, 0.29) is 6.03 Å². The number of ether oxygens (including phenoxy) is 1. The van der Waals surface area contributed by atoms with Crippen molar-refractivity contribution in [3.63, 3.8) is 0 Å². The minimum Gasteiger partial charge on any atom is -0.495 e. The highest BCUT2D eigenvalue weighted by molar-refractivity contribution is 6.32. The summed E-state index contributed by atoms with van der Waals surface area (Å²) in [5, 5.41) is 6.63. The zero-order valence-electron chi connectivity index (χ0n) is 12.0. The molecular formula is C16H16Cl2N2O2. The monoisotopic (exact) mass is 338 g/mol. The van der Waals surface area contributed by atoms with Gasteiger partial charge in [-0.05, 0) is 36.2 Å². The van der Waals surface area contributed by atoms with Crippen LogP contribution in [0.5, 0.6) is 5.75 Å². The van der Waals surface area contributed by atoms with Crippen molar-refractivity contribution < 1.29 is 9.53 Å². The summed E-state index contributed by atoms with van der Waals surface area (Å²) >= 11 is 12.1. The standard InChI is InChI=1S/C16H16Cl2N2O2/c1-22-15-7-6-12(10-14(15)18)20-16(21)19-9-8-11-4-2-3-5-13(11)17/h2-7,10H,8-9H2,1H3,(H2,19,20,21). The van der Waals surface area contributed by atoms with E-state index in [1.165, 1.54) is 7.11 Å². The number of benzene rings is 2. The summed E-state index contributed by atoms with van der Waals surface area (Å²) in [4.78, 5) is 11.8. The first kappa shape index (κ1) is 16.5. The van der Waals surface area contributed by atoms with Gasteiger partial charge in [0.25, 0.3) is 0 Å². The third-order valence-corrected chi connectivity index (χ3v) is 3.71. The number of amides is 2. The molecule has 0 spiro atoms. The molecule has 22 heavy (non-hydrogen) atoms. The molecule has 0 atom stereocenters. The van der Waals surface area contributed by atoms with Crippen LogP contribution in [-0.2, 0) is 6.42 Å². The minimum absolute atomic E-state index is 0.298. The lowest BCUT2D eigenvalue weighted by Crippen LogP contribution is -2.30. The predicted octanol–water partition coefficient (Wildman–Crippen LogP) is 4.37. The molecule has 2 rings (SSSR count). The molecule has 0 bridgehead atoms. The third-order valence-electron chi connectivity index (χ3n) is 3.05. The third kappa shape index (κ3) is 4.55. The fourth-order valence-electron chi connectivity index (χ4n) is 1.93. The second-order valence-electron chi connectivity index (χ2n) is 4.57. The SMILES string of the molecule is COc1ccc(NC(=O)NCCc2ccccc2Cl)cc1Cl. The maximum absolute atomic E-state index is 11.8. The lowest BCUT2D eigenvalue weighted by molar-refractivity contribution is 0.252. The number of rotatable bonds is 5. The molecule has 4 nitrogen and oxygen atoms in total. The Morgan fingerprint density at radius 1 is 1.14 bits per heavy atom. The number of urea groups is 1. The fourth-order valence-corrected chi connectivity index (χ4v) is 2.42. The van der Waals surface area contributed by atoms with Gasteiger partial charge in [0, 0.05) is 17.3 Å². The van der Waals surface area contributed by atoms with Gasteiger partial charge in [-0.2, -0.15) is 0 Å². The first-order valence-electron chi connectivity index (χ1n) is 6.72. The normalized spacial score (nSPS) is 10.1. The van der Waals surface area contributed by atoms with Crippen LogP contribution < -0.4 is 15.4 Å². The number of methoxy groups -OCH3 is 1. The summed E-state index contributed by atoms with van der Waals surface area (Å²) in [5.74, 6) is 0.561. The van der Waals surface area contributed by atoms with Gasteiger partial charge in [0.15, 0.2) is 0 Å². The van der Waals surface area contributed by atoms with E-state index >= 15 is 0 Å². The number of carbonyl (C=O) groups is 1. The molecule has 0 heterocycles. The molecule has 0 unspecified atom stereocenters. The van der Waals surface area contributed by atoms with Gasteiger partial charge >= 0.3 is 6.03 Å². The topological polar surface area (TPSA) is 50.4 Å². The van der Waals surface area contributed by atoms with Gasteiger partial charge in [0.05, 0.1) is 12.1 Å². The van der Waals surface area contributed by atoms with Crippen LogP contribution in [0.4, 0.5) is 10.5 Å². The Morgan fingerprint density at radius 3 is 2.59 bits per heavy atom. The summed E-state index contributed by atoms with van der Waals surface area (Å²) in [6.45, 7) is 0.486. The molecule has 0 aliphatic carbocycles. The molecular weight excluding hydrogens is 323 g/mol. The number of carbonyl (C=O) groups excluding carboxylic acids is 1. The Hall–Kier alpha value is -1.91. The molecule has 2 aromatic carbocycles. The molecule has 0 aliphatic heterocycles. The number of hydrogen-bond acceptors (Lipinski definition) is 2. The highest BCUT2D eigenvalue weighted by Crippen LogP contribution is 2.27. The zero-order valence-corrected chi connectivity index (χ0v) is 13.5. The van der Waals surface area contributed by atoms with Crippen molar-refractivity contribution in [1.82, 2.24) is 5.32 Å². The molecule has 0 saturated heterocycles. The minimum atomic E-state index is -0.298. The molecule has 0 aromatic heterocycles. The Kier molecular flexibility index (Phi) is 5.92. The summed E-state index contributed by atoms with van der Waals surface area (Å²) < 4.78 is 5.06. The number of halogens is 2. The Morgan fingerprint density at radius 2 is 1.91 bits per heavy atom. The van der Waals surface area contributed by atoms with E-state index in [1.807, 2.05) is 24.3 Å². The van der Waals surface area contributed by atoms with Crippen molar-refractivity contribution in [2.24, 2.45) is 0 Å². The smallest absolute Gasteiger partial charge is 0.319 e. The van der Waals surface area contributed by atoms with Crippen molar-refractivity contribution in [1.29, 1.82) is 0 Å². The van der Waals surface area contributed by atoms with Crippen LogP contribution in [0.25, 0.3) is 0 Å². The van der Waals surface area contributed by atoms with Gasteiger partial charge in [-0.25, -0.2) is 4.79 Å².